The molecule has 8 unspecified atom stereocenters. The molecule has 1 heteroatoms. The molecule has 4 aliphatic rings. The van der Waals surface area contributed by atoms with Gasteiger partial charge < -0.3 is 0 Å². The first kappa shape index (κ1) is 10.2. The van der Waals surface area contributed by atoms with Gasteiger partial charge in [-0.1, -0.05) is 25.5 Å². The molecule has 4 bridgehead atoms. The fourth-order valence-electron chi connectivity index (χ4n) is 6.30. The maximum atomic E-state index is 9.08. The van der Waals surface area contributed by atoms with E-state index in [2.05, 4.69) is 25.1 Å². The molecule has 4 rings (SSSR count). The van der Waals surface area contributed by atoms with Crippen LogP contribution in [0.5, 0.6) is 0 Å². The first-order chi connectivity index (χ1) is 8.35. The normalized spacial score (nSPS) is 57.4. The highest BCUT2D eigenvalue weighted by Crippen LogP contribution is 2.69. The van der Waals surface area contributed by atoms with Crippen molar-refractivity contribution >= 4 is 0 Å². The minimum Gasteiger partial charge on any atom is -0.198 e. The van der Waals surface area contributed by atoms with E-state index >= 15 is 0 Å². The van der Waals surface area contributed by atoms with Crippen molar-refractivity contribution in [2.24, 2.45) is 47.3 Å². The van der Waals surface area contributed by atoms with Crippen LogP contribution < -0.4 is 0 Å². The van der Waals surface area contributed by atoms with E-state index in [1.54, 1.807) is 0 Å². The van der Waals surface area contributed by atoms with E-state index in [1.165, 1.54) is 19.3 Å². The molecule has 4 aliphatic carbocycles. The Kier molecular flexibility index (Phi) is 2.02. The van der Waals surface area contributed by atoms with Crippen LogP contribution in [0.15, 0.2) is 12.2 Å². The summed E-state index contributed by atoms with van der Waals surface area (Å²) in [4.78, 5) is 0. The Bertz CT molecular complexity index is 404. The van der Waals surface area contributed by atoms with E-state index < -0.39 is 0 Å². The van der Waals surface area contributed by atoms with Crippen molar-refractivity contribution in [2.75, 3.05) is 0 Å². The highest BCUT2D eigenvalue weighted by atomic mass is 14.7. The van der Waals surface area contributed by atoms with Crippen LogP contribution in [0.1, 0.15) is 32.6 Å². The van der Waals surface area contributed by atoms with Gasteiger partial charge in [0.1, 0.15) is 0 Å². The zero-order valence-electron chi connectivity index (χ0n) is 10.5. The second kappa shape index (κ2) is 3.37. The monoisotopic (exact) mass is 227 g/mol. The van der Waals surface area contributed by atoms with Crippen molar-refractivity contribution in [3.8, 4) is 6.07 Å². The highest BCUT2D eigenvalue weighted by molar-refractivity contribution is 5.22. The largest absolute Gasteiger partial charge is 0.198 e. The van der Waals surface area contributed by atoms with E-state index in [9.17, 15) is 0 Å². The summed E-state index contributed by atoms with van der Waals surface area (Å²) in [5.74, 6) is 7.25. The first-order valence-corrected chi connectivity index (χ1v) is 7.40. The summed E-state index contributed by atoms with van der Waals surface area (Å²) in [5.41, 5.74) is 0. The highest BCUT2D eigenvalue weighted by Gasteiger charge is 2.63. The van der Waals surface area contributed by atoms with Crippen molar-refractivity contribution < 1.29 is 0 Å². The lowest BCUT2D eigenvalue weighted by atomic mass is 9.63. The van der Waals surface area contributed by atoms with Gasteiger partial charge in [-0.15, -0.1) is 0 Å². The van der Waals surface area contributed by atoms with Gasteiger partial charge in [-0.25, -0.2) is 0 Å². The van der Waals surface area contributed by atoms with Crippen LogP contribution in [-0.4, -0.2) is 0 Å². The average Bonchev–Trinajstić information content (AvgIpc) is 3.06. The second-order valence-corrected chi connectivity index (χ2v) is 6.76. The summed E-state index contributed by atoms with van der Waals surface area (Å²) in [6, 6.07) is 2.46. The molecule has 1 nitrogen and oxygen atoms in total. The van der Waals surface area contributed by atoms with E-state index in [-0.39, 0.29) is 0 Å². The van der Waals surface area contributed by atoms with Gasteiger partial charge in [-0.05, 0) is 60.2 Å². The van der Waals surface area contributed by atoms with Crippen LogP contribution >= 0.6 is 0 Å². The van der Waals surface area contributed by atoms with Gasteiger partial charge in [0.15, 0.2) is 0 Å². The quantitative estimate of drug-likeness (QED) is 0.522. The molecule has 8 atom stereocenters. The molecule has 90 valence electrons. The van der Waals surface area contributed by atoms with E-state index in [0.717, 1.165) is 53.8 Å². The van der Waals surface area contributed by atoms with Crippen LogP contribution in [0.3, 0.4) is 0 Å². The third-order valence-corrected chi connectivity index (χ3v) is 6.56. The third kappa shape index (κ3) is 1.10. The molecule has 0 aromatic heterocycles. The lowest BCUT2D eigenvalue weighted by Crippen LogP contribution is -2.36. The molecule has 0 saturated heterocycles. The predicted molar refractivity (Wildman–Crippen MR) is 66.8 cm³/mol. The number of rotatable bonds is 2. The molecule has 0 N–H and O–H groups in total. The van der Waals surface area contributed by atoms with Crippen LogP contribution in [-0.2, 0) is 0 Å². The number of nitrogens with zero attached hydrogens (tertiary/aromatic N) is 1. The Morgan fingerprint density at radius 3 is 2.29 bits per heavy atom. The molecule has 3 fully saturated rings. The Hall–Kier alpha value is -0.770. The van der Waals surface area contributed by atoms with Gasteiger partial charge in [-0.3, -0.25) is 0 Å². The second-order valence-electron chi connectivity index (χ2n) is 6.76. The minimum absolute atomic E-state index is 0.740. The SMILES string of the molecule is CCC1C(CC#N)C2CC1C1C3C=CC(C3)C21. The van der Waals surface area contributed by atoms with Gasteiger partial charge in [-0.2, -0.15) is 5.26 Å². The number of nitriles is 1. The van der Waals surface area contributed by atoms with Gasteiger partial charge in [0, 0.05) is 6.42 Å². The van der Waals surface area contributed by atoms with Crippen LogP contribution in [0.25, 0.3) is 0 Å². The summed E-state index contributed by atoms with van der Waals surface area (Å²) < 4.78 is 0. The van der Waals surface area contributed by atoms with E-state index in [4.69, 9.17) is 5.26 Å². The first-order valence-electron chi connectivity index (χ1n) is 7.40. The lowest BCUT2D eigenvalue weighted by molar-refractivity contribution is 0.0876. The zero-order chi connectivity index (χ0) is 11.6. The topological polar surface area (TPSA) is 23.8 Å². The van der Waals surface area contributed by atoms with Crippen LogP contribution in [0.2, 0.25) is 0 Å². The molecule has 0 amide bonds. The van der Waals surface area contributed by atoms with Crippen molar-refractivity contribution in [1.29, 1.82) is 5.26 Å². The molecular weight excluding hydrogens is 206 g/mol. The van der Waals surface area contributed by atoms with Crippen LogP contribution in [0, 0.1) is 58.7 Å². The molecule has 0 aromatic rings. The van der Waals surface area contributed by atoms with E-state index in [0.29, 0.717) is 0 Å². The average molecular weight is 227 g/mol. The van der Waals surface area contributed by atoms with Gasteiger partial charge in [0.25, 0.3) is 0 Å². The fraction of sp³-hybridized carbons (Fsp3) is 0.812. The molecule has 17 heavy (non-hydrogen) atoms. The van der Waals surface area contributed by atoms with Crippen LogP contribution in [0.4, 0.5) is 0 Å². The predicted octanol–water partition coefficient (Wildman–Crippen LogP) is 3.63. The van der Waals surface area contributed by atoms with Gasteiger partial charge >= 0.3 is 0 Å². The van der Waals surface area contributed by atoms with Crippen molar-refractivity contribution in [3.63, 3.8) is 0 Å². The molecule has 3 saturated carbocycles. The van der Waals surface area contributed by atoms with Gasteiger partial charge in [0.2, 0.25) is 0 Å². The standard InChI is InChI=1S/C16H21N/c1-2-11-12(5-6-17)14-8-13(11)15-9-3-4-10(7-9)16(14)15/h3-4,9-16H,2,5,7-8H2,1H3. The third-order valence-electron chi connectivity index (χ3n) is 6.56. The molecule has 0 heterocycles. The van der Waals surface area contributed by atoms with Crippen molar-refractivity contribution in [1.82, 2.24) is 0 Å². The Morgan fingerprint density at radius 1 is 1.06 bits per heavy atom. The smallest absolute Gasteiger partial charge is 0.0624 e. The number of allylic oxidation sites excluding steroid dienone is 2. The molecule has 0 aliphatic heterocycles. The minimum atomic E-state index is 0.740. The van der Waals surface area contributed by atoms with Crippen molar-refractivity contribution in [2.45, 2.75) is 32.6 Å². The summed E-state index contributed by atoms with van der Waals surface area (Å²) in [7, 11) is 0. The lowest BCUT2D eigenvalue weighted by Gasteiger charge is -2.41. The fourth-order valence-corrected chi connectivity index (χ4v) is 6.30. The number of hydrogen-bond donors (Lipinski definition) is 0. The summed E-state index contributed by atoms with van der Waals surface area (Å²) in [5, 5.41) is 9.08. The molecule has 0 spiro atoms. The van der Waals surface area contributed by atoms with Gasteiger partial charge in [0.05, 0.1) is 6.07 Å². The summed E-state index contributed by atoms with van der Waals surface area (Å²) in [6.45, 7) is 2.34. The van der Waals surface area contributed by atoms with Crippen molar-refractivity contribution in [3.05, 3.63) is 12.2 Å². The Morgan fingerprint density at radius 2 is 1.71 bits per heavy atom. The molecule has 0 aromatic carbocycles. The van der Waals surface area contributed by atoms with E-state index in [1.807, 2.05) is 0 Å². The molecule has 0 radical (unpaired) electrons. The molecular formula is C16H21N. The number of hydrogen-bond acceptors (Lipinski definition) is 1. The summed E-state index contributed by atoms with van der Waals surface area (Å²) >= 11 is 0. The number of fused-ring (bicyclic) bond motifs is 9. The zero-order valence-corrected chi connectivity index (χ0v) is 10.5. The summed E-state index contributed by atoms with van der Waals surface area (Å²) in [6.07, 6.45) is 10.0. The Labute approximate surface area is 104 Å². The maximum Gasteiger partial charge on any atom is 0.0624 e. The maximum absolute atomic E-state index is 9.08. The Balaban J connectivity index is 1.69.